The summed E-state index contributed by atoms with van der Waals surface area (Å²) >= 11 is 0. The van der Waals surface area contributed by atoms with Gasteiger partial charge in [-0.3, -0.25) is 14.5 Å². The van der Waals surface area contributed by atoms with Crippen LogP contribution in [0.5, 0.6) is 0 Å². The Bertz CT molecular complexity index is 1450. The second kappa shape index (κ2) is 10.3. The van der Waals surface area contributed by atoms with Crippen LogP contribution in [0.3, 0.4) is 0 Å². The number of likely N-dealkylation sites (tertiary alicyclic amines) is 1. The summed E-state index contributed by atoms with van der Waals surface area (Å²) in [5.74, 6) is 0.471. The number of rotatable bonds is 8. The van der Waals surface area contributed by atoms with Crippen molar-refractivity contribution in [3.63, 3.8) is 0 Å². The van der Waals surface area contributed by atoms with Crippen molar-refractivity contribution in [1.82, 2.24) is 20.4 Å². The number of nitrogens with zero attached hydrogens (tertiary/aromatic N) is 2. The highest BCUT2D eigenvalue weighted by Gasteiger charge is 2.54. The molecule has 2 N–H and O–H groups in total. The van der Waals surface area contributed by atoms with Gasteiger partial charge >= 0.3 is 6.03 Å². The van der Waals surface area contributed by atoms with E-state index in [1.807, 2.05) is 6.07 Å². The number of piperidine rings is 1. The van der Waals surface area contributed by atoms with Crippen LogP contribution in [0.4, 0.5) is 4.79 Å². The van der Waals surface area contributed by atoms with E-state index < -0.39 is 21.4 Å². The summed E-state index contributed by atoms with van der Waals surface area (Å²) in [6.45, 7) is 5.00. The number of imide groups is 1. The number of sulfone groups is 1. The molecule has 3 saturated heterocycles. The topological polar surface area (TPSA) is 116 Å². The molecule has 6 rings (SSSR count). The first kappa shape index (κ1) is 28.1. The molecule has 3 amide bonds. The van der Waals surface area contributed by atoms with Gasteiger partial charge in [-0.1, -0.05) is 49.4 Å². The van der Waals surface area contributed by atoms with Gasteiger partial charge in [0.15, 0.2) is 15.6 Å². The molecule has 2 aromatic carbocycles. The molecule has 4 aliphatic rings. The van der Waals surface area contributed by atoms with Crippen LogP contribution in [0, 0.1) is 11.3 Å². The maximum absolute atomic E-state index is 13.5. The summed E-state index contributed by atoms with van der Waals surface area (Å²) in [6, 6.07) is 16.1. The van der Waals surface area contributed by atoms with Crippen LogP contribution >= 0.6 is 0 Å². The second-order valence-corrected chi connectivity index (χ2v) is 14.6. The SMILES string of the molecule is CC1(C(=O)C2NC[C@H](c3ccccc3)[C@H]2CN2CCC3(CC2)NC(=O)N(Cc2ccc(S(C)(=O)=O)cc2)C3=O)CC1. The van der Waals surface area contributed by atoms with Gasteiger partial charge in [0.2, 0.25) is 0 Å². The van der Waals surface area contributed by atoms with Crippen molar-refractivity contribution in [2.24, 2.45) is 11.3 Å². The Labute approximate surface area is 241 Å². The molecule has 0 radical (unpaired) electrons. The summed E-state index contributed by atoms with van der Waals surface area (Å²) in [5.41, 5.74) is 0.802. The predicted molar refractivity (Wildman–Crippen MR) is 154 cm³/mol. The molecule has 2 aromatic rings. The smallest absolute Gasteiger partial charge is 0.323 e. The summed E-state index contributed by atoms with van der Waals surface area (Å²) in [6.07, 6.45) is 4.07. The van der Waals surface area contributed by atoms with Gasteiger partial charge < -0.3 is 15.5 Å². The number of amides is 3. The molecule has 3 atom stereocenters. The first-order valence-electron chi connectivity index (χ1n) is 14.5. The third-order valence-electron chi connectivity index (χ3n) is 9.72. The van der Waals surface area contributed by atoms with E-state index >= 15 is 0 Å². The molecule has 3 aliphatic heterocycles. The fourth-order valence-electron chi connectivity index (χ4n) is 6.78. The molecular weight excluding hydrogens is 540 g/mol. The molecule has 9 nitrogen and oxygen atoms in total. The summed E-state index contributed by atoms with van der Waals surface area (Å²) in [5, 5.41) is 6.54. The van der Waals surface area contributed by atoms with Crippen molar-refractivity contribution in [2.45, 2.75) is 61.5 Å². The van der Waals surface area contributed by atoms with Crippen molar-refractivity contribution in [1.29, 1.82) is 0 Å². The fraction of sp³-hybridized carbons (Fsp3) is 0.516. The Morgan fingerprint density at radius 3 is 2.24 bits per heavy atom. The Morgan fingerprint density at radius 1 is 0.976 bits per heavy atom. The standard InChI is InChI=1S/C31H38N4O5S/c1-30(12-13-30)27(36)26-25(24(18-32-26)22-6-4-3-5-7-22)20-34-16-14-31(15-17-34)28(37)35(29(38)33-31)19-21-8-10-23(11-9-21)41(2,39)40/h3-11,24-26,32H,12-20H2,1-2H3,(H,33,38)/t24-,25-,26?/m1/s1. The van der Waals surface area contributed by atoms with Crippen molar-refractivity contribution in [2.75, 3.05) is 32.4 Å². The molecule has 1 saturated carbocycles. The summed E-state index contributed by atoms with van der Waals surface area (Å²) in [4.78, 5) is 43.7. The maximum Gasteiger partial charge on any atom is 0.325 e. The number of nitrogens with one attached hydrogen (secondary N) is 2. The van der Waals surface area contributed by atoms with Crippen LogP contribution in [-0.2, 0) is 26.0 Å². The fourth-order valence-corrected chi connectivity index (χ4v) is 7.41. The molecule has 1 unspecified atom stereocenters. The predicted octanol–water partition coefficient (Wildman–Crippen LogP) is 2.72. The Balaban J connectivity index is 1.12. The van der Waals surface area contributed by atoms with Gasteiger partial charge in [0, 0.05) is 49.7 Å². The highest BCUT2D eigenvalue weighted by Crippen LogP contribution is 2.49. The van der Waals surface area contributed by atoms with Gasteiger partial charge in [-0.15, -0.1) is 0 Å². The zero-order valence-corrected chi connectivity index (χ0v) is 24.5. The van der Waals surface area contributed by atoms with Gasteiger partial charge in [-0.2, -0.15) is 0 Å². The van der Waals surface area contributed by atoms with Gasteiger partial charge in [0.05, 0.1) is 17.5 Å². The van der Waals surface area contributed by atoms with Gasteiger partial charge in [-0.25, -0.2) is 13.2 Å². The number of carbonyl (C=O) groups excluding carboxylic acids is 3. The van der Waals surface area contributed by atoms with Crippen LogP contribution in [0.15, 0.2) is 59.5 Å². The average molecular weight is 579 g/mol. The van der Waals surface area contributed by atoms with Crippen molar-refractivity contribution in [3.8, 4) is 0 Å². The zero-order chi connectivity index (χ0) is 29.0. The molecule has 41 heavy (non-hydrogen) atoms. The first-order valence-corrected chi connectivity index (χ1v) is 16.4. The van der Waals surface area contributed by atoms with E-state index in [1.165, 1.54) is 22.6 Å². The van der Waals surface area contributed by atoms with Crippen LogP contribution in [0.25, 0.3) is 0 Å². The van der Waals surface area contributed by atoms with Crippen molar-refractivity contribution in [3.05, 3.63) is 65.7 Å². The highest BCUT2D eigenvalue weighted by atomic mass is 32.2. The quantitative estimate of drug-likeness (QED) is 0.463. The van der Waals surface area contributed by atoms with E-state index in [1.54, 1.807) is 12.1 Å². The number of benzene rings is 2. The van der Waals surface area contributed by atoms with Crippen LogP contribution in [0.1, 0.15) is 49.7 Å². The minimum absolute atomic E-state index is 0.0925. The molecule has 0 aromatic heterocycles. The number of ketones is 1. The minimum Gasteiger partial charge on any atom is -0.323 e. The molecule has 1 aliphatic carbocycles. The van der Waals surface area contributed by atoms with Crippen LogP contribution in [0.2, 0.25) is 0 Å². The van der Waals surface area contributed by atoms with Crippen LogP contribution in [-0.4, -0.2) is 80.0 Å². The van der Waals surface area contributed by atoms with E-state index in [0.29, 0.717) is 37.3 Å². The van der Waals surface area contributed by atoms with Crippen molar-refractivity contribution >= 4 is 27.6 Å². The number of Topliss-reactive ketones (excluding diaryl/α,β-unsaturated/α-hetero) is 1. The third-order valence-corrected chi connectivity index (χ3v) is 10.9. The molecule has 1 spiro atoms. The minimum atomic E-state index is -3.32. The summed E-state index contributed by atoms with van der Waals surface area (Å²) in [7, 11) is -3.32. The molecular formula is C31H38N4O5S. The Hall–Kier alpha value is -3.08. The molecule has 4 fully saturated rings. The van der Waals surface area contributed by atoms with Gasteiger partial charge in [0.25, 0.3) is 5.91 Å². The zero-order valence-electron chi connectivity index (χ0n) is 23.6. The monoisotopic (exact) mass is 578 g/mol. The molecule has 218 valence electrons. The molecule has 3 heterocycles. The largest absolute Gasteiger partial charge is 0.325 e. The van der Waals surface area contributed by atoms with Gasteiger partial charge in [0.1, 0.15) is 5.54 Å². The van der Waals surface area contributed by atoms with Gasteiger partial charge in [-0.05, 0) is 48.9 Å². The maximum atomic E-state index is 13.5. The van der Waals surface area contributed by atoms with E-state index in [9.17, 15) is 22.8 Å². The molecule has 0 bridgehead atoms. The third kappa shape index (κ3) is 5.33. The van der Waals surface area contributed by atoms with E-state index in [0.717, 1.165) is 32.2 Å². The van der Waals surface area contributed by atoms with Crippen LogP contribution < -0.4 is 10.6 Å². The lowest BCUT2D eigenvalue weighted by molar-refractivity contribution is -0.133. The van der Waals surface area contributed by atoms with Crippen molar-refractivity contribution < 1.29 is 22.8 Å². The normalized spacial score (nSPS) is 27.3. The average Bonchev–Trinajstić information content (AvgIpc) is 3.51. The van der Waals surface area contributed by atoms with E-state index in [4.69, 9.17) is 0 Å². The van der Waals surface area contributed by atoms with E-state index in [-0.39, 0.29) is 40.6 Å². The summed E-state index contributed by atoms with van der Waals surface area (Å²) < 4.78 is 23.5. The lowest BCUT2D eigenvalue weighted by Crippen LogP contribution is -2.56. The Morgan fingerprint density at radius 2 is 1.63 bits per heavy atom. The van der Waals surface area contributed by atoms with E-state index in [2.05, 4.69) is 46.7 Å². The number of urea groups is 1. The first-order chi connectivity index (χ1) is 19.5. The lowest BCUT2D eigenvalue weighted by atomic mass is 9.80. The lowest BCUT2D eigenvalue weighted by Gasteiger charge is -2.39. The highest BCUT2D eigenvalue weighted by molar-refractivity contribution is 7.90. The number of hydrogen-bond acceptors (Lipinski definition) is 7. The number of carbonyl (C=O) groups is 3. The second-order valence-electron chi connectivity index (χ2n) is 12.6. The Kier molecular flexibility index (Phi) is 7.07. The molecule has 10 heteroatoms. The number of hydrogen-bond donors (Lipinski definition) is 2.